The van der Waals surface area contributed by atoms with E-state index in [1.165, 1.54) is 0 Å². The van der Waals surface area contributed by atoms with Crippen molar-refractivity contribution in [2.24, 2.45) is 5.73 Å². The van der Waals surface area contributed by atoms with E-state index < -0.39 is 18.3 Å². The van der Waals surface area contributed by atoms with E-state index in [4.69, 9.17) is 5.73 Å². The van der Waals surface area contributed by atoms with Gasteiger partial charge >= 0.3 is 6.18 Å². The molecule has 0 spiro atoms. The van der Waals surface area contributed by atoms with Crippen molar-refractivity contribution in [3.05, 3.63) is 0 Å². The molecule has 2 aliphatic rings. The summed E-state index contributed by atoms with van der Waals surface area (Å²) in [5.74, 6) is 0. The molecule has 106 valence electrons. The van der Waals surface area contributed by atoms with Crippen LogP contribution in [0.4, 0.5) is 13.2 Å². The number of alkyl halides is 3. The fourth-order valence-electron chi connectivity index (χ4n) is 2.96. The van der Waals surface area contributed by atoms with Gasteiger partial charge in [-0.2, -0.15) is 13.2 Å². The van der Waals surface area contributed by atoms with E-state index in [1.54, 1.807) is 4.90 Å². The first-order valence-electron chi connectivity index (χ1n) is 6.55. The molecule has 18 heavy (non-hydrogen) atoms. The van der Waals surface area contributed by atoms with Crippen LogP contribution in [0.1, 0.15) is 38.5 Å². The molecule has 2 saturated carbocycles. The zero-order chi connectivity index (χ0) is 13.4. The minimum absolute atomic E-state index is 0.0673. The average Bonchev–Trinajstić information content (AvgIpc) is 3.09. The normalized spacial score (nSPS) is 34.0. The largest absolute Gasteiger partial charge is 0.401 e. The van der Waals surface area contributed by atoms with Crippen LogP contribution in [-0.2, 0) is 0 Å². The predicted molar refractivity (Wildman–Crippen MR) is 62.0 cm³/mol. The summed E-state index contributed by atoms with van der Waals surface area (Å²) in [6.07, 6.45) is 0.262. The van der Waals surface area contributed by atoms with Crippen molar-refractivity contribution in [1.29, 1.82) is 0 Å². The van der Waals surface area contributed by atoms with Gasteiger partial charge in [-0.25, -0.2) is 0 Å². The molecule has 0 aliphatic heterocycles. The molecule has 2 aliphatic carbocycles. The number of halogens is 3. The standard InChI is InChI=1S/C12H21F3N2O/c13-12(14,15)7-17(9-3-4-9)10-2-1-5-11(16,6-10)8-18/h9-10,18H,1-8,16H2. The Labute approximate surface area is 105 Å². The van der Waals surface area contributed by atoms with Crippen LogP contribution in [0.5, 0.6) is 0 Å². The molecule has 0 heterocycles. The Morgan fingerprint density at radius 2 is 1.89 bits per heavy atom. The molecule has 0 bridgehead atoms. The monoisotopic (exact) mass is 266 g/mol. The molecule has 0 amide bonds. The van der Waals surface area contributed by atoms with Crippen molar-refractivity contribution in [3.63, 3.8) is 0 Å². The number of nitrogens with zero attached hydrogens (tertiary/aromatic N) is 1. The lowest BCUT2D eigenvalue weighted by molar-refractivity contribution is -0.155. The van der Waals surface area contributed by atoms with Crippen LogP contribution < -0.4 is 5.73 Å². The minimum Gasteiger partial charge on any atom is -0.394 e. The Morgan fingerprint density at radius 3 is 2.39 bits per heavy atom. The smallest absolute Gasteiger partial charge is 0.394 e. The van der Waals surface area contributed by atoms with Crippen molar-refractivity contribution >= 4 is 0 Å². The van der Waals surface area contributed by atoms with Crippen LogP contribution >= 0.6 is 0 Å². The molecule has 0 aromatic carbocycles. The first kappa shape index (κ1) is 14.1. The topological polar surface area (TPSA) is 49.5 Å². The van der Waals surface area contributed by atoms with Crippen molar-refractivity contribution in [3.8, 4) is 0 Å². The highest BCUT2D eigenvalue weighted by Gasteiger charge is 2.44. The Balaban J connectivity index is 2.02. The van der Waals surface area contributed by atoms with E-state index in [-0.39, 0.29) is 18.7 Å². The summed E-state index contributed by atoms with van der Waals surface area (Å²) in [4.78, 5) is 1.57. The second kappa shape index (κ2) is 4.98. The summed E-state index contributed by atoms with van der Waals surface area (Å²) in [5, 5.41) is 9.27. The van der Waals surface area contributed by atoms with Crippen molar-refractivity contribution in [2.75, 3.05) is 13.2 Å². The molecule has 2 rings (SSSR count). The van der Waals surface area contributed by atoms with Gasteiger partial charge in [-0.1, -0.05) is 0 Å². The SMILES string of the molecule is NC1(CO)CCCC(N(CC(F)(F)F)C2CC2)C1. The van der Waals surface area contributed by atoms with Crippen LogP contribution in [0.15, 0.2) is 0 Å². The van der Waals surface area contributed by atoms with E-state index in [9.17, 15) is 18.3 Å². The minimum atomic E-state index is -4.16. The average molecular weight is 266 g/mol. The fraction of sp³-hybridized carbons (Fsp3) is 1.00. The van der Waals surface area contributed by atoms with Gasteiger partial charge in [0.05, 0.1) is 13.2 Å². The predicted octanol–water partition coefficient (Wildman–Crippen LogP) is 1.65. The fourth-order valence-corrected chi connectivity index (χ4v) is 2.96. The highest BCUT2D eigenvalue weighted by Crippen LogP contribution is 2.37. The number of aliphatic hydroxyl groups excluding tert-OH is 1. The van der Waals surface area contributed by atoms with Gasteiger partial charge in [-0.05, 0) is 38.5 Å². The van der Waals surface area contributed by atoms with Crippen LogP contribution in [0.3, 0.4) is 0 Å². The highest BCUT2D eigenvalue weighted by atomic mass is 19.4. The van der Waals surface area contributed by atoms with Crippen LogP contribution in [0.25, 0.3) is 0 Å². The summed E-state index contributed by atoms with van der Waals surface area (Å²) < 4.78 is 37.8. The summed E-state index contributed by atoms with van der Waals surface area (Å²) >= 11 is 0. The zero-order valence-corrected chi connectivity index (χ0v) is 10.4. The van der Waals surface area contributed by atoms with Crippen molar-refractivity contribution in [1.82, 2.24) is 4.90 Å². The van der Waals surface area contributed by atoms with E-state index in [1.807, 2.05) is 0 Å². The van der Waals surface area contributed by atoms with Gasteiger partial charge in [0.15, 0.2) is 0 Å². The summed E-state index contributed by atoms with van der Waals surface area (Å²) in [6.45, 7) is -0.988. The Hall–Kier alpha value is -0.330. The maximum Gasteiger partial charge on any atom is 0.401 e. The van der Waals surface area contributed by atoms with Crippen LogP contribution in [0.2, 0.25) is 0 Å². The van der Waals surface area contributed by atoms with E-state index in [0.29, 0.717) is 12.8 Å². The first-order chi connectivity index (χ1) is 8.33. The Kier molecular flexibility index (Phi) is 3.90. The van der Waals surface area contributed by atoms with Crippen molar-refractivity contribution in [2.45, 2.75) is 62.3 Å². The molecule has 3 N–H and O–H groups in total. The van der Waals surface area contributed by atoms with E-state index in [0.717, 1.165) is 25.7 Å². The quantitative estimate of drug-likeness (QED) is 0.813. The molecule has 2 unspecified atom stereocenters. The van der Waals surface area contributed by atoms with Crippen molar-refractivity contribution < 1.29 is 18.3 Å². The third kappa shape index (κ3) is 3.59. The van der Waals surface area contributed by atoms with Gasteiger partial charge in [0, 0.05) is 17.6 Å². The van der Waals surface area contributed by atoms with Gasteiger partial charge in [-0.15, -0.1) is 0 Å². The van der Waals surface area contributed by atoms with E-state index in [2.05, 4.69) is 0 Å². The second-order valence-corrected chi connectivity index (χ2v) is 5.79. The molecule has 0 aromatic rings. The number of hydrogen-bond donors (Lipinski definition) is 2. The third-order valence-electron chi connectivity index (χ3n) is 4.02. The van der Waals surface area contributed by atoms with Gasteiger partial charge < -0.3 is 10.8 Å². The maximum atomic E-state index is 12.6. The third-order valence-corrected chi connectivity index (χ3v) is 4.02. The van der Waals surface area contributed by atoms with Crippen LogP contribution in [-0.4, -0.2) is 47.0 Å². The van der Waals surface area contributed by atoms with Gasteiger partial charge in [-0.3, -0.25) is 4.90 Å². The lowest BCUT2D eigenvalue weighted by Gasteiger charge is -2.42. The lowest BCUT2D eigenvalue weighted by Crippen LogP contribution is -2.54. The van der Waals surface area contributed by atoms with Crippen LogP contribution in [0, 0.1) is 0 Å². The number of nitrogens with two attached hydrogens (primary N) is 1. The molecular formula is C12H21F3N2O. The van der Waals surface area contributed by atoms with Gasteiger partial charge in [0.1, 0.15) is 0 Å². The highest BCUT2D eigenvalue weighted by molar-refractivity contribution is 4.98. The number of aliphatic hydroxyl groups is 1. The summed E-state index contributed by atoms with van der Waals surface area (Å²) in [5.41, 5.74) is 5.32. The van der Waals surface area contributed by atoms with Gasteiger partial charge in [0.25, 0.3) is 0 Å². The molecule has 2 atom stereocenters. The molecule has 2 fully saturated rings. The Bertz CT molecular complexity index is 294. The molecule has 3 nitrogen and oxygen atoms in total. The second-order valence-electron chi connectivity index (χ2n) is 5.79. The molecule has 0 saturated heterocycles. The molecular weight excluding hydrogens is 245 g/mol. The lowest BCUT2D eigenvalue weighted by atomic mass is 9.79. The number of rotatable bonds is 4. The number of hydrogen-bond acceptors (Lipinski definition) is 3. The summed E-state index contributed by atoms with van der Waals surface area (Å²) in [6, 6.07) is -0.0670. The maximum absolute atomic E-state index is 12.6. The van der Waals surface area contributed by atoms with E-state index >= 15 is 0 Å². The molecule has 0 aromatic heterocycles. The van der Waals surface area contributed by atoms with Gasteiger partial charge in [0.2, 0.25) is 0 Å². The molecule has 0 radical (unpaired) electrons. The Morgan fingerprint density at radius 1 is 1.22 bits per heavy atom. The molecule has 6 heteroatoms. The first-order valence-corrected chi connectivity index (χ1v) is 6.55. The zero-order valence-electron chi connectivity index (χ0n) is 10.4. The summed E-state index contributed by atoms with van der Waals surface area (Å²) in [7, 11) is 0.